The first-order valence-corrected chi connectivity index (χ1v) is 15.1. The van der Waals surface area contributed by atoms with E-state index in [2.05, 4.69) is 97.9 Å². The van der Waals surface area contributed by atoms with Gasteiger partial charge in [0.15, 0.2) is 0 Å². The van der Waals surface area contributed by atoms with Gasteiger partial charge in [0, 0.05) is 19.8 Å². The third-order valence-corrected chi connectivity index (χ3v) is 9.59. The number of ether oxygens (including phenoxy) is 2. The Morgan fingerprint density at radius 3 is 1.98 bits per heavy atom. The number of anilines is 1. The largest absolute Gasteiger partial charge is 0.497 e. The van der Waals surface area contributed by atoms with E-state index in [1.165, 1.54) is 33.0 Å². The Bertz CT molecular complexity index is 1800. The Kier molecular flexibility index (Phi) is 7.25. The van der Waals surface area contributed by atoms with Crippen LogP contribution in [0.3, 0.4) is 0 Å². The predicted molar refractivity (Wildman–Crippen MR) is 176 cm³/mol. The van der Waals surface area contributed by atoms with E-state index in [1.54, 1.807) is 7.11 Å². The maximum absolute atomic E-state index is 13.1. The molecule has 0 radical (unpaired) electrons. The van der Waals surface area contributed by atoms with Crippen LogP contribution in [0.5, 0.6) is 11.5 Å². The van der Waals surface area contributed by atoms with Gasteiger partial charge in [-0.05, 0) is 100 Å². The number of nitrogens with zero attached hydrogens (tertiary/aromatic N) is 1. The lowest BCUT2D eigenvalue weighted by Gasteiger charge is -2.35. The first kappa shape index (κ1) is 28.5. The molecule has 6 rings (SSSR count). The van der Waals surface area contributed by atoms with Crippen LogP contribution >= 0.6 is 0 Å². The first-order valence-electron chi connectivity index (χ1n) is 15.1. The van der Waals surface area contributed by atoms with Crippen LogP contribution in [0.2, 0.25) is 0 Å². The molecule has 5 aromatic rings. The Morgan fingerprint density at radius 1 is 0.767 bits per heavy atom. The summed E-state index contributed by atoms with van der Waals surface area (Å²) >= 11 is 0. The maximum Gasteiger partial charge on any atom is 0.317 e. The van der Waals surface area contributed by atoms with E-state index in [4.69, 9.17) is 9.47 Å². The van der Waals surface area contributed by atoms with Crippen LogP contribution in [0, 0.1) is 5.41 Å². The summed E-state index contributed by atoms with van der Waals surface area (Å²) < 4.78 is 11.5. The minimum atomic E-state index is -0.617. The lowest BCUT2D eigenvalue weighted by Crippen LogP contribution is -2.31. The van der Waals surface area contributed by atoms with Gasteiger partial charge in [-0.25, -0.2) is 0 Å². The van der Waals surface area contributed by atoms with Gasteiger partial charge in [0.1, 0.15) is 11.5 Å². The molecule has 0 fully saturated rings. The third kappa shape index (κ3) is 4.48. The molecule has 0 amide bonds. The summed E-state index contributed by atoms with van der Waals surface area (Å²) in [5.41, 5.74) is 7.21. The first-order chi connectivity index (χ1) is 20.8. The van der Waals surface area contributed by atoms with E-state index in [1.807, 2.05) is 45.0 Å². The van der Waals surface area contributed by atoms with Crippen molar-refractivity contribution in [1.82, 2.24) is 0 Å². The van der Waals surface area contributed by atoms with E-state index >= 15 is 0 Å². The van der Waals surface area contributed by atoms with Crippen LogP contribution in [0.25, 0.3) is 21.9 Å². The number of methoxy groups -OCH3 is 1. The molecule has 1 atom stereocenters. The third-order valence-electron chi connectivity index (χ3n) is 9.59. The summed E-state index contributed by atoms with van der Waals surface area (Å²) in [6, 6.07) is 36.5. The second-order valence-electron chi connectivity index (χ2n) is 12.0. The Labute approximate surface area is 254 Å². The fourth-order valence-corrected chi connectivity index (χ4v) is 6.54. The van der Waals surface area contributed by atoms with Crippen molar-refractivity contribution in [1.29, 1.82) is 0 Å². The molecule has 1 aliphatic rings. The van der Waals surface area contributed by atoms with Crippen LogP contribution in [-0.2, 0) is 10.2 Å². The molecule has 0 saturated carbocycles. The molecular weight excluding hydrogens is 530 g/mol. The van der Waals surface area contributed by atoms with Crippen LogP contribution < -0.4 is 14.4 Å². The lowest BCUT2D eigenvalue weighted by atomic mass is 9.66. The smallest absolute Gasteiger partial charge is 0.317 e. The Morgan fingerprint density at radius 2 is 1.37 bits per heavy atom. The second kappa shape index (κ2) is 10.9. The zero-order valence-electron chi connectivity index (χ0n) is 25.9. The zero-order chi connectivity index (χ0) is 30.4. The van der Waals surface area contributed by atoms with Gasteiger partial charge in [0.05, 0.1) is 17.9 Å². The van der Waals surface area contributed by atoms with Crippen molar-refractivity contribution in [2.45, 2.75) is 39.0 Å². The fourth-order valence-electron chi connectivity index (χ4n) is 6.54. The van der Waals surface area contributed by atoms with Gasteiger partial charge in [0.2, 0.25) is 0 Å². The highest BCUT2D eigenvalue weighted by Gasteiger charge is 2.47. The topological polar surface area (TPSA) is 38.8 Å². The van der Waals surface area contributed by atoms with Gasteiger partial charge in [-0.1, -0.05) is 80.6 Å². The second-order valence-corrected chi connectivity index (χ2v) is 12.0. The number of benzene rings is 5. The maximum atomic E-state index is 13.1. The number of fused-ring (bicyclic) bond motifs is 5. The van der Waals surface area contributed by atoms with Crippen LogP contribution in [0.15, 0.2) is 103 Å². The number of rotatable bonds is 8. The van der Waals surface area contributed by atoms with E-state index in [0.717, 1.165) is 35.4 Å². The number of carbonyl (C=O) groups excluding carboxylic acids is 1. The molecule has 1 unspecified atom stereocenters. The number of hydrogen-bond acceptors (Lipinski definition) is 4. The minimum Gasteiger partial charge on any atom is -0.497 e. The van der Waals surface area contributed by atoms with Crippen molar-refractivity contribution in [3.8, 4) is 22.6 Å². The zero-order valence-corrected chi connectivity index (χ0v) is 25.9. The molecule has 43 heavy (non-hydrogen) atoms. The highest BCUT2D eigenvalue weighted by Crippen LogP contribution is 2.58. The number of hydrogen-bond donors (Lipinski definition) is 0. The Hall–Kier alpha value is -4.57. The van der Waals surface area contributed by atoms with Gasteiger partial charge >= 0.3 is 5.97 Å². The molecule has 0 heterocycles. The molecule has 4 heteroatoms. The van der Waals surface area contributed by atoms with Crippen LogP contribution in [0.4, 0.5) is 5.69 Å². The number of esters is 1. The van der Waals surface area contributed by atoms with Crippen LogP contribution in [-0.4, -0.2) is 27.2 Å². The molecule has 0 saturated heterocycles. The summed E-state index contributed by atoms with van der Waals surface area (Å²) in [7, 11) is 5.86. The van der Waals surface area contributed by atoms with Gasteiger partial charge in [0.25, 0.3) is 0 Å². The summed E-state index contributed by atoms with van der Waals surface area (Å²) in [6.07, 6.45) is 1.46. The van der Waals surface area contributed by atoms with E-state index in [9.17, 15) is 4.79 Å². The Balaban J connectivity index is 1.64. The van der Waals surface area contributed by atoms with Crippen molar-refractivity contribution in [2.75, 3.05) is 26.1 Å². The van der Waals surface area contributed by atoms with E-state index < -0.39 is 10.8 Å². The normalized spacial score (nSPS) is 15.6. The molecular formula is C39H39NO3. The van der Waals surface area contributed by atoms with Crippen molar-refractivity contribution in [3.05, 3.63) is 125 Å². The van der Waals surface area contributed by atoms with Crippen molar-refractivity contribution < 1.29 is 14.3 Å². The summed E-state index contributed by atoms with van der Waals surface area (Å²) in [6.45, 7) is 6.05. The standard InChI is InChI=1S/C39H39NO3/c1-7-38(3,8-2)37(41)43-31-21-16-28(17-22-31)39(27-14-19-30(42-6)20-15-27)35-25-29(40(4)5)18-24-33(35)34-23-13-26-11-9-10-12-32(26)36(34)39/h9-25H,7-8H2,1-6H3. The molecule has 0 N–H and O–H groups in total. The molecule has 0 aliphatic heterocycles. The van der Waals surface area contributed by atoms with Crippen LogP contribution in [0.1, 0.15) is 55.9 Å². The van der Waals surface area contributed by atoms with Crippen molar-refractivity contribution in [2.24, 2.45) is 5.41 Å². The SMILES string of the molecule is CCC(C)(CC)C(=O)Oc1ccc(C2(c3ccc(OC)cc3)c3cc(N(C)C)ccc3-c3ccc4ccccc4c32)cc1. The van der Waals surface area contributed by atoms with Crippen molar-refractivity contribution in [3.63, 3.8) is 0 Å². The fraction of sp³-hybridized carbons (Fsp3) is 0.256. The molecule has 4 nitrogen and oxygen atoms in total. The summed E-state index contributed by atoms with van der Waals surface area (Å²) in [5.74, 6) is 1.19. The quantitative estimate of drug-likeness (QED) is 0.135. The van der Waals surface area contributed by atoms with Gasteiger partial charge in [-0.15, -0.1) is 0 Å². The molecule has 0 bridgehead atoms. The average molecular weight is 570 g/mol. The van der Waals surface area contributed by atoms with Gasteiger partial charge in [-0.2, -0.15) is 0 Å². The molecule has 218 valence electrons. The van der Waals surface area contributed by atoms with Gasteiger partial charge < -0.3 is 14.4 Å². The summed E-state index contributed by atoms with van der Waals surface area (Å²) in [4.78, 5) is 15.3. The predicted octanol–water partition coefficient (Wildman–Crippen LogP) is 9.01. The highest BCUT2D eigenvalue weighted by molar-refractivity contribution is 6.00. The van der Waals surface area contributed by atoms with E-state index in [-0.39, 0.29) is 5.97 Å². The average Bonchev–Trinajstić information content (AvgIpc) is 3.35. The molecule has 1 aliphatic carbocycles. The molecule has 0 aromatic heterocycles. The van der Waals surface area contributed by atoms with E-state index in [0.29, 0.717) is 5.75 Å². The van der Waals surface area contributed by atoms with Gasteiger partial charge in [-0.3, -0.25) is 4.79 Å². The molecule has 0 spiro atoms. The minimum absolute atomic E-state index is 0.187. The number of carbonyl (C=O) groups is 1. The molecule has 5 aromatic carbocycles. The monoisotopic (exact) mass is 569 g/mol. The highest BCUT2D eigenvalue weighted by atomic mass is 16.5. The lowest BCUT2D eigenvalue weighted by molar-refractivity contribution is -0.145. The van der Waals surface area contributed by atoms with Crippen molar-refractivity contribution >= 4 is 22.4 Å². The summed E-state index contributed by atoms with van der Waals surface area (Å²) in [5, 5.41) is 2.42.